The van der Waals surface area contributed by atoms with Crippen molar-refractivity contribution in [2.24, 2.45) is 5.92 Å². The molecule has 4 unspecified atom stereocenters. The number of ether oxygens (including phenoxy) is 4. The van der Waals surface area contributed by atoms with Crippen LogP contribution < -0.4 is 0 Å². The molecule has 1 heterocycles. The second kappa shape index (κ2) is 5.51. The first kappa shape index (κ1) is 12.4. The zero-order chi connectivity index (χ0) is 12.3. The molecule has 1 saturated heterocycles. The van der Waals surface area contributed by atoms with Crippen molar-refractivity contribution in [1.82, 2.24) is 0 Å². The summed E-state index contributed by atoms with van der Waals surface area (Å²) in [6.07, 6.45) is 4.62. The molecule has 0 radical (unpaired) electrons. The molecule has 96 valence electrons. The highest BCUT2D eigenvalue weighted by Gasteiger charge is 2.34. The Hall–Kier alpha value is -1.07. The van der Waals surface area contributed by atoms with Crippen molar-refractivity contribution >= 4 is 6.16 Å². The maximum atomic E-state index is 11.1. The number of hydrogen-bond acceptors (Lipinski definition) is 5. The van der Waals surface area contributed by atoms with Crippen molar-refractivity contribution in [3.05, 3.63) is 12.2 Å². The quantitative estimate of drug-likeness (QED) is 0.519. The lowest BCUT2D eigenvalue weighted by Crippen LogP contribution is -2.32. The number of fused-ring (bicyclic) bond motifs is 1. The number of carbonyl (C=O) groups excluding carboxylic acids is 1. The number of methoxy groups -OCH3 is 1. The Balaban J connectivity index is 2.02. The predicted molar refractivity (Wildman–Crippen MR) is 59.4 cm³/mol. The first-order valence-electron chi connectivity index (χ1n) is 5.85. The van der Waals surface area contributed by atoms with Crippen LogP contribution in [-0.4, -0.2) is 38.4 Å². The molecule has 5 heteroatoms. The van der Waals surface area contributed by atoms with Crippen molar-refractivity contribution in [3.8, 4) is 0 Å². The fourth-order valence-electron chi connectivity index (χ4n) is 2.19. The molecule has 2 aliphatic rings. The Kier molecular flexibility index (Phi) is 4.02. The van der Waals surface area contributed by atoms with Gasteiger partial charge in [0.1, 0.15) is 12.9 Å². The summed E-state index contributed by atoms with van der Waals surface area (Å²) in [6, 6.07) is 0. The Labute approximate surface area is 101 Å². The third kappa shape index (κ3) is 3.20. The first-order chi connectivity index (χ1) is 8.19. The normalized spacial score (nSPS) is 36.8. The van der Waals surface area contributed by atoms with E-state index in [-0.39, 0.29) is 18.3 Å². The molecule has 17 heavy (non-hydrogen) atoms. The van der Waals surface area contributed by atoms with E-state index in [0.717, 1.165) is 6.42 Å². The molecular formula is C12H18O5. The maximum Gasteiger partial charge on any atom is 0.508 e. The lowest BCUT2D eigenvalue weighted by atomic mass is 9.93. The van der Waals surface area contributed by atoms with E-state index in [2.05, 4.69) is 11.7 Å². The van der Waals surface area contributed by atoms with E-state index >= 15 is 0 Å². The van der Waals surface area contributed by atoms with E-state index in [1.165, 1.54) is 7.11 Å². The summed E-state index contributed by atoms with van der Waals surface area (Å²) >= 11 is 0. The van der Waals surface area contributed by atoms with Gasteiger partial charge in [0.15, 0.2) is 0 Å². The molecule has 1 aliphatic carbocycles. The third-order valence-corrected chi connectivity index (χ3v) is 3.12. The summed E-state index contributed by atoms with van der Waals surface area (Å²) in [7, 11) is 1.30. The van der Waals surface area contributed by atoms with Crippen LogP contribution in [0.15, 0.2) is 12.2 Å². The van der Waals surface area contributed by atoms with Crippen LogP contribution in [0, 0.1) is 5.92 Å². The van der Waals surface area contributed by atoms with Crippen LogP contribution in [0.5, 0.6) is 0 Å². The Bertz CT molecular complexity index is 301. The molecule has 0 N–H and O–H groups in total. The van der Waals surface area contributed by atoms with Crippen molar-refractivity contribution in [3.63, 3.8) is 0 Å². The van der Waals surface area contributed by atoms with Crippen LogP contribution in [0.3, 0.4) is 0 Å². The molecule has 5 nitrogen and oxygen atoms in total. The first-order valence-corrected chi connectivity index (χ1v) is 5.85. The number of rotatable bonds is 1. The molecule has 4 atom stereocenters. The molecule has 1 aliphatic heterocycles. The Morgan fingerprint density at radius 2 is 1.94 bits per heavy atom. The zero-order valence-corrected chi connectivity index (χ0v) is 10.1. The fraction of sp³-hybridized carbons (Fsp3) is 0.750. The average Bonchev–Trinajstić information content (AvgIpc) is 2.70. The Morgan fingerprint density at radius 1 is 1.24 bits per heavy atom. The average molecular weight is 242 g/mol. The van der Waals surface area contributed by atoms with Gasteiger partial charge >= 0.3 is 6.16 Å². The highest BCUT2D eigenvalue weighted by atomic mass is 16.7. The molecule has 0 aromatic carbocycles. The van der Waals surface area contributed by atoms with E-state index < -0.39 is 6.16 Å². The van der Waals surface area contributed by atoms with Crippen LogP contribution in [0.25, 0.3) is 0 Å². The summed E-state index contributed by atoms with van der Waals surface area (Å²) in [6.45, 7) is 2.43. The van der Waals surface area contributed by atoms with Gasteiger partial charge in [0.25, 0.3) is 0 Å². The van der Waals surface area contributed by atoms with Crippen molar-refractivity contribution in [2.45, 2.75) is 38.1 Å². The topological polar surface area (TPSA) is 54.0 Å². The standard InChI is InChI=1S/C12H18O5/c1-8-3-4-9(17-12(13)14-2)6-11-10(5-8)15-7-16-11/h3-4,8-11H,5-7H2,1-2H3. The molecule has 0 aromatic heterocycles. The molecule has 2 rings (SSSR count). The summed E-state index contributed by atoms with van der Waals surface area (Å²) in [5.41, 5.74) is 0. The smallest absolute Gasteiger partial charge is 0.438 e. The minimum absolute atomic E-state index is 0.00273. The zero-order valence-electron chi connectivity index (χ0n) is 10.1. The van der Waals surface area contributed by atoms with E-state index in [9.17, 15) is 4.79 Å². The molecule has 0 amide bonds. The lowest BCUT2D eigenvalue weighted by molar-refractivity contribution is 0.0149. The van der Waals surface area contributed by atoms with Crippen LogP contribution in [0.4, 0.5) is 4.79 Å². The van der Waals surface area contributed by atoms with Gasteiger partial charge in [0, 0.05) is 6.42 Å². The molecule has 0 spiro atoms. The second-order valence-corrected chi connectivity index (χ2v) is 4.47. The highest BCUT2D eigenvalue weighted by molar-refractivity contribution is 5.60. The molecule has 0 aromatic rings. The third-order valence-electron chi connectivity index (χ3n) is 3.12. The van der Waals surface area contributed by atoms with E-state index in [1.54, 1.807) is 0 Å². The van der Waals surface area contributed by atoms with Gasteiger partial charge in [-0.25, -0.2) is 4.79 Å². The van der Waals surface area contributed by atoms with Gasteiger partial charge in [0.05, 0.1) is 19.3 Å². The van der Waals surface area contributed by atoms with Gasteiger partial charge in [-0.3, -0.25) is 0 Å². The lowest BCUT2D eigenvalue weighted by Gasteiger charge is -2.25. The monoisotopic (exact) mass is 242 g/mol. The van der Waals surface area contributed by atoms with Gasteiger partial charge in [0.2, 0.25) is 0 Å². The summed E-state index contributed by atoms with van der Waals surface area (Å²) in [5, 5.41) is 0. The van der Waals surface area contributed by atoms with Crippen LogP contribution in [0.2, 0.25) is 0 Å². The van der Waals surface area contributed by atoms with Crippen LogP contribution >= 0.6 is 0 Å². The highest BCUT2D eigenvalue weighted by Crippen LogP contribution is 2.27. The van der Waals surface area contributed by atoms with Gasteiger partial charge in [-0.1, -0.05) is 13.0 Å². The van der Waals surface area contributed by atoms with Gasteiger partial charge in [-0.15, -0.1) is 0 Å². The molecule has 1 fully saturated rings. The number of hydrogen-bond donors (Lipinski definition) is 0. The summed E-state index contributed by atoms with van der Waals surface area (Å²) in [5.74, 6) is 0.383. The summed E-state index contributed by atoms with van der Waals surface area (Å²) < 4.78 is 20.7. The number of carbonyl (C=O) groups is 1. The van der Waals surface area contributed by atoms with Crippen molar-refractivity contribution < 1.29 is 23.7 Å². The van der Waals surface area contributed by atoms with E-state index in [4.69, 9.17) is 14.2 Å². The maximum absolute atomic E-state index is 11.1. The molecule has 0 saturated carbocycles. The van der Waals surface area contributed by atoms with Crippen LogP contribution in [-0.2, 0) is 18.9 Å². The molecule has 0 bridgehead atoms. The van der Waals surface area contributed by atoms with Crippen molar-refractivity contribution in [2.75, 3.05) is 13.9 Å². The van der Waals surface area contributed by atoms with Gasteiger partial charge in [-0.2, -0.15) is 0 Å². The van der Waals surface area contributed by atoms with Gasteiger partial charge in [-0.05, 0) is 18.4 Å². The SMILES string of the molecule is COC(=O)OC1C=CC(C)CC2OCOC2C1. The van der Waals surface area contributed by atoms with Gasteiger partial charge < -0.3 is 18.9 Å². The minimum Gasteiger partial charge on any atom is -0.438 e. The summed E-state index contributed by atoms with van der Waals surface area (Å²) in [4.78, 5) is 11.1. The second-order valence-electron chi connectivity index (χ2n) is 4.47. The largest absolute Gasteiger partial charge is 0.508 e. The Morgan fingerprint density at radius 3 is 2.65 bits per heavy atom. The minimum atomic E-state index is -0.664. The fourth-order valence-corrected chi connectivity index (χ4v) is 2.19. The molecular weight excluding hydrogens is 224 g/mol. The van der Waals surface area contributed by atoms with Crippen molar-refractivity contribution in [1.29, 1.82) is 0 Å². The predicted octanol–water partition coefficient (Wildman–Crippen LogP) is 1.87. The number of allylic oxidation sites excluding steroid dienone is 1. The van der Waals surface area contributed by atoms with Crippen LogP contribution in [0.1, 0.15) is 19.8 Å². The van der Waals surface area contributed by atoms with E-state index in [1.807, 2.05) is 12.2 Å². The van der Waals surface area contributed by atoms with E-state index in [0.29, 0.717) is 19.1 Å².